The Balaban J connectivity index is 1.71. The lowest BCUT2D eigenvalue weighted by Crippen LogP contribution is -2.41. The maximum atomic E-state index is 6.06. The van der Waals surface area contributed by atoms with Gasteiger partial charge >= 0.3 is 0 Å². The summed E-state index contributed by atoms with van der Waals surface area (Å²) in [7, 11) is -1.68. The topological polar surface area (TPSA) is 73.8 Å². The fraction of sp³-hybridized carbons (Fsp3) is 1.00. The second-order valence-electron chi connectivity index (χ2n) is 9.34. The smallest absolute Gasteiger partial charge is 0.192 e. The molecule has 0 saturated carbocycles. The van der Waals surface area contributed by atoms with Gasteiger partial charge in [0.05, 0.1) is 79.3 Å². The number of hydrogen-bond acceptors (Lipinski definition) is 8. The summed E-state index contributed by atoms with van der Waals surface area (Å²) >= 11 is 0. The maximum absolute atomic E-state index is 6.06. The van der Waals surface area contributed by atoms with Crippen molar-refractivity contribution in [2.24, 2.45) is 0 Å². The highest BCUT2D eigenvalue weighted by atomic mass is 28.4. The molecule has 0 radical (unpaired) electrons. The van der Waals surface area contributed by atoms with Crippen LogP contribution in [0.25, 0.3) is 0 Å². The van der Waals surface area contributed by atoms with Crippen molar-refractivity contribution in [2.45, 2.75) is 64.5 Å². The second-order valence-corrected chi connectivity index (χ2v) is 14.1. The Morgan fingerprint density at radius 3 is 1.50 bits per heavy atom. The van der Waals surface area contributed by atoms with E-state index in [4.69, 9.17) is 37.6 Å². The third kappa shape index (κ3) is 15.7. The zero-order chi connectivity index (χ0) is 23.5. The Bertz CT molecular complexity index is 425. The van der Waals surface area contributed by atoms with Gasteiger partial charge in [0, 0.05) is 6.61 Å². The van der Waals surface area contributed by atoms with Gasteiger partial charge in [0.15, 0.2) is 14.6 Å². The SMILES string of the molecule is CC(C)(C)[Si](C)(C)OCCOCCOCCOCCOCCOCCOC1CCCCO1. The van der Waals surface area contributed by atoms with E-state index in [1.165, 1.54) is 6.42 Å². The zero-order valence-corrected chi connectivity index (χ0v) is 22.2. The van der Waals surface area contributed by atoms with E-state index >= 15 is 0 Å². The third-order valence-corrected chi connectivity index (χ3v) is 10.2. The van der Waals surface area contributed by atoms with Gasteiger partial charge in [-0.25, -0.2) is 0 Å². The first-order valence-electron chi connectivity index (χ1n) is 12.1. The first kappa shape index (κ1) is 29.9. The van der Waals surface area contributed by atoms with E-state index in [-0.39, 0.29) is 11.3 Å². The van der Waals surface area contributed by atoms with Crippen LogP contribution >= 0.6 is 0 Å². The van der Waals surface area contributed by atoms with Crippen LogP contribution in [-0.4, -0.2) is 100 Å². The van der Waals surface area contributed by atoms with E-state index < -0.39 is 8.32 Å². The van der Waals surface area contributed by atoms with Crippen LogP contribution in [-0.2, 0) is 37.6 Å². The Morgan fingerprint density at radius 1 is 0.656 bits per heavy atom. The fourth-order valence-corrected chi connectivity index (χ4v) is 3.66. The Morgan fingerprint density at radius 2 is 1.09 bits per heavy atom. The molecule has 1 unspecified atom stereocenters. The van der Waals surface area contributed by atoms with Crippen LogP contribution in [0.3, 0.4) is 0 Å². The Hall–Kier alpha value is -0.103. The van der Waals surface area contributed by atoms with Crippen LogP contribution in [0.2, 0.25) is 18.1 Å². The molecule has 0 spiro atoms. The van der Waals surface area contributed by atoms with E-state index in [2.05, 4.69) is 33.9 Å². The lowest BCUT2D eigenvalue weighted by atomic mass is 10.2. The normalized spacial score (nSPS) is 17.7. The average Bonchev–Trinajstić information content (AvgIpc) is 2.75. The zero-order valence-electron chi connectivity index (χ0n) is 21.2. The largest absolute Gasteiger partial charge is 0.414 e. The van der Waals surface area contributed by atoms with Crippen LogP contribution in [0.5, 0.6) is 0 Å². The number of hydrogen-bond donors (Lipinski definition) is 0. The molecule has 9 heteroatoms. The number of ether oxygens (including phenoxy) is 7. The molecule has 0 aromatic heterocycles. The van der Waals surface area contributed by atoms with Crippen molar-refractivity contribution in [3.05, 3.63) is 0 Å². The lowest BCUT2D eigenvalue weighted by molar-refractivity contribution is -0.169. The fourth-order valence-electron chi connectivity index (χ4n) is 2.64. The molecule has 0 aromatic rings. The molecule has 32 heavy (non-hydrogen) atoms. The highest BCUT2D eigenvalue weighted by Crippen LogP contribution is 2.36. The molecule has 0 aromatic carbocycles. The van der Waals surface area contributed by atoms with Gasteiger partial charge in [-0.1, -0.05) is 20.8 Å². The van der Waals surface area contributed by atoms with Crippen LogP contribution in [0.15, 0.2) is 0 Å². The molecule has 192 valence electrons. The molecule has 0 aliphatic carbocycles. The highest BCUT2D eigenvalue weighted by molar-refractivity contribution is 6.74. The van der Waals surface area contributed by atoms with Crippen molar-refractivity contribution in [3.63, 3.8) is 0 Å². The minimum atomic E-state index is -1.68. The van der Waals surface area contributed by atoms with Gasteiger partial charge in [-0.2, -0.15) is 0 Å². The summed E-state index contributed by atoms with van der Waals surface area (Å²) in [5.74, 6) is 0. The minimum Gasteiger partial charge on any atom is -0.414 e. The Labute approximate surface area is 196 Å². The minimum absolute atomic E-state index is 0.0516. The molecule has 1 heterocycles. The van der Waals surface area contributed by atoms with Gasteiger partial charge < -0.3 is 37.6 Å². The van der Waals surface area contributed by atoms with Crippen molar-refractivity contribution >= 4 is 8.32 Å². The van der Waals surface area contributed by atoms with E-state index in [1.54, 1.807) is 0 Å². The molecule has 1 atom stereocenters. The highest BCUT2D eigenvalue weighted by Gasteiger charge is 2.36. The molecular weight excluding hydrogens is 432 g/mol. The summed E-state index contributed by atoms with van der Waals surface area (Å²) in [6.45, 7) is 18.8. The number of rotatable bonds is 20. The molecule has 0 amide bonds. The molecular formula is C23H48O8Si. The van der Waals surface area contributed by atoms with E-state index in [1.807, 2.05) is 0 Å². The summed E-state index contributed by atoms with van der Waals surface area (Å²) in [6, 6.07) is 0. The second kappa shape index (κ2) is 18.3. The van der Waals surface area contributed by atoms with Crippen molar-refractivity contribution < 1.29 is 37.6 Å². The van der Waals surface area contributed by atoms with Crippen LogP contribution in [0.4, 0.5) is 0 Å². The van der Waals surface area contributed by atoms with Crippen molar-refractivity contribution in [2.75, 3.05) is 85.9 Å². The predicted octanol–water partition coefficient (Wildman–Crippen LogP) is 3.63. The first-order chi connectivity index (χ1) is 15.3. The van der Waals surface area contributed by atoms with Gasteiger partial charge in [-0.15, -0.1) is 0 Å². The van der Waals surface area contributed by atoms with E-state index in [0.717, 1.165) is 19.4 Å². The quantitative estimate of drug-likeness (QED) is 0.193. The molecule has 1 rings (SSSR count). The monoisotopic (exact) mass is 480 g/mol. The van der Waals surface area contributed by atoms with Gasteiger partial charge in [0.2, 0.25) is 0 Å². The van der Waals surface area contributed by atoms with Crippen LogP contribution in [0.1, 0.15) is 40.0 Å². The molecule has 8 nitrogen and oxygen atoms in total. The van der Waals surface area contributed by atoms with Crippen LogP contribution in [0, 0.1) is 0 Å². The van der Waals surface area contributed by atoms with Gasteiger partial charge in [0.1, 0.15) is 0 Å². The Kier molecular flexibility index (Phi) is 17.1. The van der Waals surface area contributed by atoms with Crippen LogP contribution < -0.4 is 0 Å². The standard InChI is InChI=1S/C23H48O8Si/c1-23(2,3)32(4,5)31-21-19-28-17-15-26-13-11-24-10-12-25-14-16-27-18-20-30-22-8-6-7-9-29-22/h22H,6-21H2,1-5H3. The summed E-state index contributed by atoms with van der Waals surface area (Å²) in [5.41, 5.74) is 0. The van der Waals surface area contributed by atoms with Gasteiger partial charge in [0.25, 0.3) is 0 Å². The lowest BCUT2D eigenvalue weighted by Gasteiger charge is -2.36. The van der Waals surface area contributed by atoms with Crippen molar-refractivity contribution in [1.82, 2.24) is 0 Å². The molecule has 0 bridgehead atoms. The van der Waals surface area contributed by atoms with Gasteiger partial charge in [-0.05, 0) is 37.4 Å². The summed E-state index contributed by atoms with van der Waals surface area (Å²) < 4.78 is 44.7. The first-order valence-corrected chi connectivity index (χ1v) is 15.0. The molecule has 1 fully saturated rings. The van der Waals surface area contributed by atoms with E-state index in [0.29, 0.717) is 79.3 Å². The molecule has 0 N–H and O–H groups in total. The van der Waals surface area contributed by atoms with Crippen molar-refractivity contribution in [3.8, 4) is 0 Å². The summed E-state index contributed by atoms with van der Waals surface area (Å²) in [4.78, 5) is 0. The van der Waals surface area contributed by atoms with Crippen molar-refractivity contribution in [1.29, 1.82) is 0 Å². The van der Waals surface area contributed by atoms with E-state index in [9.17, 15) is 0 Å². The third-order valence-electron chi connectivity index (χ3n) is 5.65. The predicted molar refractivity (Wildman–Crippen MR) is 127 cm³/mol. The summed E-state index contributed by atoms with van der Waals surface area (Å²) in [6.07, 6.45) is 3.24. The maximum Gasteiger partial charge on any atom is 0.192 e. The summed E-state index contributed by atoms with van der Waals surface area (Å²) in [5, 5.41) is 0.230. The molecule has 1 aliphatic rings. The molecule has 1 aliphatic heterocycles. The molecule has 1 saturated heterocycles. The average molecular weight is 481 g/mol. The van der Waals surface area contributed by atoms with Gasteiger partial charge in [-0.3, -0.25) is 0 Å².